The number of carbonyl (C=O) groups is 1. The maximum absolute atomic E-state index is 10.6. The first-order valence-corrected chi connectivity index (χ1v) is 4.22. The van der Waals surface area contributed by atoms with Gasteiger partial charge in [-0.25, -0.2) is 0 Å². The van der Waals surface area contributed by atoms with Gasteiger partial charge in [0, 0.05) is 0 Å². The van der Waals surface area contributed by atoms with Crippen molar-refractivity contribution < 1.29 is 9.90 Å². The molecular formula is C10H14O2. The lowest BCUT2D eigenvalue weighted by Crippen LogP contribution is -2.13. The zero-order valence-corrected chi connectivity index (χ0v) is 7.45. The van der Waals surface area contributed by atoms with E-state index in [4.69, 9.17) is 5.11 Å². The number of carboxylic acid groups (broad SMARTS) is 1. The Morgan fingerprint density at radius 1 is 1.75 bits per heavy atom. The Bertz CT molecular complexity index is 238. The third kappa shape index (κ3) is 1.97. The van der Waals surface area contributed by atoms with E-state index in [0.29, 0.717) is 5.92 Å². The highest BCUT2D eigenvalue weighted by molar-refractivity contribution is 5.74. The van der Waals surface area contributed by atoms with Crippen molar-refractivity contribution in [3.05, 3.63) is 23.8 Å². The van der Waals surface area contributed by atoms with Crippen LogP contribution in [0.15, 0.2) is 23.8 Å². The van der Waals surface area contributed by atoms with Crippen molar-refractivity contribution in [2.24, 2.45) is 11.8 Å². The molecule has 0 heterocycles. The van der Waals surface area contributed by atoms with E-state index in [0.717, 1.165) is 12.0 Å². The van der Waals surface area contributed by atoms with Gasteiger partial charge in [0.15, 0.2) is 0 Å². The highest BCUT2D eigenvalue weighted by atomic mass is 16.4. The van der Waals surface area contributed by atoms with Gasteiger partial charge in [0.05, 0.1) is 5.92 Å². The molecule has 0 saturated heterocycles. The van der Waals surface area contributed by atoms with Crippen molar-refractivity contribution >= 4 is 5.97 Å². The van der Waals surface area contributed by atoms with Crippen molar-refractivity contribution in [3.8, 4) is 0 Å². The van der Waals surface area contributed by atoms with E-state index in [9.17, 15) is 4.79 Å². The number of aliphatic carboxylic acids is 1. The van der Waals surface area contributed by atoms with Crippen LogP contribution in [0.25, 0.3) is 0 Å². The second-order valence-corrected chi connectivity index (χ2v) is 3.34. The zero-order chi connectivity index (χ0) is 9.14. The predicted octanol–water partition coefficient (Wildman–Crippen LogP) is 2.23. The van der Waals surface area contributed by atoms with Gasteiger partial charge in [-0.15, -0.1) is 0 Å². The van der Waals surface area contributed by atoms with Crippen molar-refractivity contribution in [2.45, 2.75) is 20.3 Å². The van der Waals surface area contributed by atoms with Gasteiger partial charge in [-0.1, -0.05) is 25.2 Å². The average Bonchev–Trinajstić information content (AvgIpc) is 2.03. The molecule has 0 spiro atoms. The summed E-state index contributed by atoms with van der Waals surface area (Å²) in [6, 6.07) is 0. The zero-order valence-electron chi connectivity index (χ0n) is 7.45. The Labute approximate surface area is 72.6 Å². The molecule has 2 atom stereocenters. The average molecular weight is 166 g/mol. The van der Waals surface area contributed by atoms with E-state index in [-0.39, 0.29) is 5.92 Å². The van der Waals surface area contributed by atoms with Crippen LogP contribution in [0.5, 0.6) is 0 Å². The molecule has 1 rings (SSSR count). The lowest BCUT2D eigenvalue weighted by Gasteiger charge is -2.14. The first-order valence-electron chi connectivity index (χ1n) is 4.22. The van der Waals surface area contributed by atoms with Crippen LogP contribution >= 0.6 is 0 Å². The molecule has 0 aromatic carbocycles. The van der Waals surface area contributed by atoms with Crippen molar-refractivity contribution in [3.63, 3.8) is 0 Å². The summed E-state index contributed by atoms with van der Waals surface area (Å²) in [4.78, 5) is 10.6. The molecule has 0 saturated carbocycles. The number of hydrogen-bond donors (Lipinski definition) is 1. The van der Waals surface area contributed by atoms with E-state index < -0.39 is 5.97 Å². The number of allylic oxidation sites excluding steroid dienone is 3. The molecule has 2 heteroatoms. The lowest BCUT2D eigenvalue weighted by atomic mass is 9.91. The van der Waals surface area contributed by atoms with Crippen LogP contribution < -0.4 is 0 Å². The molecule has 12 heavy (non-hydrogen) atoms. The normalized spacial score (nSPS) is 24.8. The van der Waals surface area contributed by atoms with Gasteiger partial charge in [-0.2, -0.15) is 0 Å². The Morgan fingerprint density at radius 2 is 2.42 bits per heavy atom. The Morgan fingerprint density at radius 3 is 2.92 bits per heavy atom. The molecule has 0 radical (unpaired) electrons. The molecule has 0 aliphatic heterocycles. The van der Waals surface area contributed by atoms with E-state index >= 15 is 0 Å². The summed E-state index contributed by atoms with van der Waals surface area (Å²) in [5.41, 5.74) is 0.932. The van der Waals surface area contributed by atoms with Crippen LogP contribution in [0.3, 0.4) is 0 Å². The van der Waals surface area contributed by atoms with Gasteiger partial charge >= 0.3 is 5.97 Å². The third-order valence-corrected chi connectivity index (χ3v) is 2.17. The number of carboxylic acids is 1. The van der Waals surface area contributed by atoms with Gasteiger partial charge in [-0.05, 0) is 24.8 Å². The van der Waals surface area contributed by atoms with E-state index in [1.165, 1.54) is 0 Å². The molecule has 1 N–H and O–H groups in total. The highest BCUT2D eigenvalue weighted by Gasteiger charge is 2.16. The van der Waals surface area contributed by atoms with E-state index in [1.807, 2.05) is 18.2 Å². The maximum atomic E-state index is 10.6. The largest absolute Gasteiger partial charge is 0.481 e. The van der Waals surface area contributed by atoms with Gasteiger partial charge < -0.3 is 5.11 Å². The first-order chi connectivity index (χ1) is 5.61. The van der Waals surface area contributed by atoms with Crippen LogP contribution in [0.2, 0.25) is 0 Å². The van der Waals surface area contributed by atoms with Crippen molar-refractivity contribution in [1.29, 1.82) is 0 Å². The minimum absolute atomic E-state index is 0.371. The molecule has 1 aliphatic rings. The molecule has 0 amide bonds. The monoisotopic (exact) mass is 166 g/mol. The standard InChI is InChI=1S/C10H14O2/c1-7-4-3-5-9(6-7)8(2)10(11)12/h3,5-8H,4H2,1-2H3,(H,11,12)/t7?,8-/m0/s1. The minimum atomic E-state index is -0.750. The van der Waals surface area contributed by atoms with Crippen molar-refractivity contribution in [1.82, 2.24) is 0 Å². The number of hydrogen-bond acceptors (Lipinski definition) is 1. The topological polar surface area (TPSA) is 37.3 Å². The molecule has 1 aliphatic carbocycles. The summed E-state index contributed by atoms with van der Waals surface area (Å²) >= 11 is 0. The Kier molecular flexibility index (Phi) is 2.69. The Hall–Kier alpha value is -1.05. The molecule has 0 bridgehead atoms. The lowest BCUT2D eigenvalue weighted by molar-refractivity contribution is -0.139. The van der Waals surface area contributed by atoms with Crippen LogP contribution in [0.1, 0.15) is 20.3 Å². The van der Waals surface area contributed by atoms with Crippen LogP contribution in [0, 0.1) is 11.8 Å². The van der Waals surface area contributed by atoms with E-state index in [1.54, 1.807) is 6.92 Å². The van der Waals surface area contributed by atoms with Gasteiger partial charge in [0.25, 0.3) is 0 Å². The second kappa shape index (κ2) is 3.57. The van der Waals surface area contributed by atoms with Crippen LogP contribution in [0.4, 0.5) is 0 Å². The SMILES string of the molecule is CC1C=C([C@H](C)C(=O)O)C=CC1. The smallest absolute Gasteiger partial charge is 0.310 e. The van der Waals surface area contributed by atoms with Crippen molar-refractivity contribution in [2.75, 3.05) is 0 Å². The molecule has 0 fully saturated rings. The summed E-state index contributed by atoms with van der Waals surface area (Å²) in [7, 11) is 0. The fraction of sp³-hybridized carbons (Fsp3) is 0.500. The second-order valence-electron chi connectivity index (χ2n) is 3.34. The molecule has 0 aromatic heterocycles. The van der Waals surface area contributed by atoms with Gasteiger partial charge in [0.1, 0.15) is 0 Å². The summed E-state index contributed by atoms with van der Waals surface area (Å²) in [6.45, 7) is 3.81. The molecule has 2 nitrogen and oxygen atoms in total. The Balaban J connectivity index is 2.74. The summed E-state index contributed by atoms with van der Waals surface area (Å²) in [5.74, 6) is -0.643. The van der Waals surface area contributed by atoms with Crippen LogP contribution in [-0.2, 0) is 4.79 Å². The summed E-state index contributed by atoms with van der Waals surface area (Å²) in [6.07, 6.45) is 7.02. The fourth-order valence-corrected chi connectivity index (χ4v) is 1.30. The summed E-state index contributed by atoms with van der Waals surface area (Å²) in [5, 5.41) is 8.75. The summed E-state index contributed by atoms with van der Waals surface area (Å²) < 4.78 is 0. The minimum Gasteiger partial charge on any atom is -0.481 e. The van der Waals surface area contributed by atoms with Crippen LogP contribution in [-0.4, -0.2) is 11.1 Å². The number of rotatable bonds is 2. The molecule has 1 unspecified atom stereocenters. The first kappa shape index (κ1) is 9.04. The highest BCUT2D eigenvalue weighted by Crippen LogP contribution is 2.21. The fourth-order valence-electron chi connectivity index (χ4n) is 1.30. The third-order valence-electron chi connectivity index (χ3n) is 2.17. The van der Waals surface area contributed by atoms with Gasteiger partial charge in [0.2, 0.25) is 0 Å². The molecule has 0 aromatic rings. The molecule has 66 valence electrons. The quantitative estimate of drug-likeness (QED) is 0.683. The maximum Gasteiger partial charge on any atom is 0.310 e. The van der Waals surface area contributed by atoms with Gasteiger partial charge in [-0.3, -0.25) is 4.79 Å². The molecular weight excluding hydrogens is 152 g/mol. The van der Waals surface area contributed by atoms with E-state index in [2.05, 4.69) is 6.92 Å². The predicted molar refractivity (Wildman–Crippen MR) is 47.8 cm³/mol.